The van der Waals surface area contributed by atoms with Gasteiger partial charge in [0.15, 0.2) is 5.69 Å². The fourth-order valence-electron chi connectivity index (χ4n) is 2.41. The van der Waals surface area contributed by atoms with Crippen LogP contribution in [0.1, 0.15) is 31.3 Å². The SMILES string of the molecule is CC(C)(C)n1nc(C(N)=O)c2ccc3c(N)ncnc3c21. The quantitative estimate of drug-likeness (QED) is 0.701. The number of rotatable bonds is 1. The molecule has 7 heteroatoms. The molecule has 4 N–H and O–H groups in total. The van der Waals surface area contributed by atoms with Gasteiger partial charge in [0, 0.05) is 10.8 Å². The molecule has 1 amide bonds. The average Bonchev–Trinajstić information content (AvgIpc) is 2.79. The summed E-state index contributed by atoms with van der Waals surface area (Å²) in [6, 6.07) is 3.57. The number of carbonyl (C=O) groups excluding carboxylic acids is 1. The molecule has 21 heavy (non-hydrogen) atoms. The summed E-state index contributed by atoms with van der Waals surface area (Å²) in [5.74, 6) is -0.173. The van der Waals surface area contributed by atoms with E-state index >= 15 is 0 Å². The maximum absolute atomic E-state index is 11.6. The molecule has 0 unspecified atom stereocenters. The van der Waals surface area contributed by atoms with Crippen LogP contribution >= 0.6 is 0 Å². The molecule has 3 aromatic rings. The van der Waals surface area contributed by atoms with Crippen molar-refractivity contribution in [2.45, 2.75) is 26.3 Å². The third-order valence-electron chi connectivity index (χ3n) is 3.35. The van der Waals surface area contributed by atoms with Crippen LogP contribution in [0.5, 0.6) is 0 Å². The number of amides is 1. The lowest BCUT2D eigenvalue weighted by Crippen LogP contribution is -2.24. The van der Waals surface area contributed by atoms with E-state index < -0.39 is 5.91 Å². The van der Waals surface area contributed by atoms with Gasteiger partial charge in [-0.15, -0.1) is 0 Å². The van der Waals surface area contributed by atoms with E-state index in [9.17, 15) is 4.79 Å². The van der Waals surface area contributed by atoms with Gasteiger partial charge in [-0.2, -0.15) is 5.10 Å². The summed E-state index contributed by atoms with van der Waals surface area (Å²) in [6.45, 7) is 5.98. The number of fused-ring (bicyclic) bond motifs is 3. The molecular weight excluding hydrogens is 268 g/mol. The highest BCUT2D eigenvalue weighted by Crippen LogP contribution is 2.31. The lowest BCUT2D eigenvalue weighted by molar-refractivity contribution is 0.0995. The molecular formula is C14H16N6O. The van der Waals surface area contributed by atoms with Crippen LogP contribution in [0.25, 0.3) is 21.8 Å². The lowest BCUT2D eigenvalue weighted by Gasteiger charge is -2.21. The highest BCUT2D eigenvalue weighted by Gasteiger charge is 2.24. The molecule has 0 atom stereocenters. The summed E-state index contributed by atoms with van der Waals surface area (Å²) in [5, 5.41) is 5.78. The predicted octanol–water partition coefficient (Wildman–Crippen LogP) is 1.42. The standard InChI is InChI=1S/C14H16N6O/c1-14(2,3)20-11-7(10(19-20)13(16)21)4-5-8-9(11)17-6-18-12(8)15/h4-6H,1-3H3,(H2,16,21)(H2,15,17,18). The first-order valence-electron chi connectivity index (χ1n) is 6.53. The van der Waals surface area contributed by atoms with Gasteiger partial charge in [0.05, 0.1) is 11.1 Å². The van der Waals surface area contributed by atoms with Crippen molar-refractivity contribution < 1.29 is 4.79 Å². The Morgan fingerprint density at radius 2 is 1.86 bits per heavy atom. The van der Waals surface area contributed by atoms with Gasteiger partial charge in [-0.25, -0.2) is 9.97 Å². The molecule has 2 aromatic heterocycles. The Morgan fingerprint density at radius 3 is 2.48 bits per heavy atom. The van der Waals surface area contributed by atoms with Crippen LogP contribution in [0.3, 0.4) is 0 Å². The average molecular weight is 284 g/mol. The molecule has 0 bridgehead atoms. The van der Waals surface area contributed by atoms with E-state index in [1.54, 1.807) is 16.8 Å². The van der Waals surface area contributed by atoms with Crippen molar-refractivity contribution in [1.29, 1.82) is 0 Å². The van der Waals surface area contributed by atoms with E-state index in [4.69, 9.17) is 11.5 Å². The second-order valence-electron chi connectivity index (χ2n) is 5.91. The number of anilines is 1. The van der Waals surface area contributed by atoms with Crippen LogP contribution in [-0.2, 0) is 5.54 Å². The molecule has 3 rings (SSSR count). The van der Waals surface area contributed by atoms with Crippen LogP contribution in [0.2, 0.25) is 0 Å². The molecule has 0 aliphatic rings. The summed E-state index contributed by atoms with van der Waals surface area (Å²) >= 11 is 0. The van der Waals surface area contributed by atoms with Gasteiger partial charge in [-0.05, 0) is 32.9 Å². The Labute approximate surface area is 121 Å². The summed E-state index contributed by atoms with van der Waals surface area (Å²) in [6.07, 6.45) is 1.40. The summed E-state index contributed by atoms with van der Waals surface area (Å²) in [5.41, 5.74) is 12.6. The maximum Gasteiger partial charge on any atom is 0.269 e. The van der Waals surface area contributed by atoms with E-state index in [1.165, 1.54) is 6.33 Å². The topological polar surface area (TPSA) is 113 Å². The van der Waals surface area contributed by atoms with Gasteiger partial charge >= 0.3 is 0 Å². The van der Waals surface area contributed by atoms with Gasteiger partial charge in [0.1, 0.15) is 17.7 Å². The first-order valence-corrected chi connectivity index (χ1v) is 6.53. The fraction of sp³-hybridized carbons (Fsp3) is 0.286. The first kappa shape index (κ1) is 13.3. The first-order chi connectivity index (χ1) is 9.80. The third kappa shape index (κ3) is 1.89. The zero-order valence-corrected chi connectivity index (χ0v) is 12.1. The van der Waals surface area contributed by atoms with Gasteiger partial charge in [0.25, 0.3) is 5.91 Å². The Kier molecular flexibility index (Phi) is 2.62. The Hall–Kier alpha value is -2.70. The molecule has 0 saturated carbocycles. The van der Waals surface area contributed by atoms with E-state index in [0.29, 0.717) is 16.7 Å². The van der Waals surface area contributed by atoms with Crippen molar-refractivity contribution in [2.75, 3.05) is 5.73 Å². The number of nitrogen functional groups attached to an aromatic ring is 1. The zero-order valence-electron chi connectivity index (χ0n) is 12.1. The fourth-order valence-corrected chi connectivity index (χ4v) is 2.41. The molecule has 108 valence electrons. The Balaban J connectivity index is 2.57. The number of hydrogen-bond acceptors (Lipinski definition) is 5. The minimum Gasteiger partial charge on any atom is -0.383 e. The molecule has 0 fully saturated rings. The number of aromatic nitrogens is 4. The van der Waals surface area contributed by atoms with E-state index in [2.05, 4.69) is 15.1 Å². The van der Waals surface area contributed by atoms with Gasteiger partial charge < -0.3 is 11.5 Å². The second-order valence-corrected chi connectivity index (χ2v) is 5.91. The largest absolute Gasteiger partial charge is 0.383 e. The molecule has 0 radical (unpaired) electrons. The molecule has 0 aliphatic carbocycles. The maximum atomic E-state index is 11.6. The smallest absolute Gasteiger partial charge is 0.269 e. The Morgan fingerprint density at radius 1 is 1.19 bits per heavy atom. The predicted molar refractivity (Wildman–Crippen MR) is 80.8 cm³/mol. The highest BCUT2D eigenvalue weighted by molar-refractivity contribution is 6.13. The minimum atomic E-state index is -0.565. The minimum absolute atomic E-state index is 0.235. The molecule has 1 aromatic carbocycles. The number of hydrogen-bond donors (Lipinski definition) is 2. The van der Waals surface area contributed by atoms with Crippen LogP contribution in [0.4, 0.5) is 5.82 Å². The normalized spacial score (nSPS) is 12.1. The number of benzene rings is 1. The third-order valence-corrected chi connectivity index (χ3v) is 3.35. The van der Waals surface area contributed by atoms with Crippen molar-refractivity contribution in [1.82, 2.24) is 19.7 Å². The monoisotopic (exact) mass is 284 g/mol. The molecule has 0 saturated heterocycles. The number of nitrogens with zero attached hydrogens (tertiary/aromatic N) is 4. The summed E-state index contributed by atoms with van der Waals surface area (Å²) in [7, 11) is 0. The summed E-state index contributed by atoms with van der Waals surface area (Å²) < 4.78 is 1.76. The van der Waals surface area contributed by atoms with E-state index in [1.807, 2.05) is 20.8 Å². The van der Waals surface area contributed by atoms with Crippen LogP contribution in [-0.4, -0.2) is 25.7 Å². The van der Waals surface area contributed by atoms with Gasteiger partial charge in [0.2, 0.25) is 0 Å². The molecule has 7 nitrogen and oxygen atoms in total. The lowest BCUT2D eigenvalue weighted by atomic mass is 10.1. The molecule has 0 spiro atoms. The number of carbonyl (C=O) groups is 1. The number of nitrogens with two attached hydrogens (primary N) is 2. The van der Waals surface area contributed by atoms with Gasteiger partial charge in [-0.3, -0.25) is 9.48 Å². The zero-order chi connectivity index (χ0) is 15.4. The molecule has 0 aliphatic heterocycles. The van der Waals surface area contributed by atoms with Crippen molar-refractivity contribution in [3.05, 3.63) is 24.2 Å². The van der Waals surface area contributed by atoms with E-state index in [-0.39, 0.29) is 11.2 Å². The van der Waals surface area contributed by atoms with E-state index in [0.717, 1.165) is 10.9 Å². The van der Waals surface area contributed by atoms with Crippen molar-refractivity contribution >= 4 is 33.5 Å². The van der Waals surface area contributed by atoms with Crippen molar-refractivity contribution in [2.24, 2.45) is 5.73 Å². The van der Waals surface area contributed by atoms with Crippen LogP contribution in [0, 0.1) is 0 Å². The van der Waals surface area contributed by atoms with Crippen LogP contribution < -0.4 is 11.5 Å². The highest BCUT2D eigenvalue weighted by atomic mass is 16.1. The Bertz CT molecular complexity index is 874. The summed E-state index contributed by atoms with van der Waals surface area (Å²) in [4.78, 5) is 20.0. The second kappa shape index (κ2) is 4.15. The van der Waals surface area contributed by atoms with Crippen LogP contribution in [0.15, 0.2) is 18.5 Å². The van der Waals surface area contributed by atoms with Gasteiger partial charge in [-0.1, -0.05) is 0 Å². The molecule has 2 heterocycles. The number of primary amides is 1. The van der Waals surface area contributed by atoms with Crippen molar-refractivity contribution in [3.8, 4) is 0 Å². The van der Waals surface area contributed by atoms with Crippen molar-refractivity contribution in [3.63, 3.8) is 0 Å².